The van der Waals surface area contributed by atoms with Crippen LogP contribution >= 0.6 is 0 Å². The molecule has 2 aromatic heterocycles. The molecule has 132 valence electrons. The first kappa shape index (κ1) is 17.1. The average Bonchev–Trinajstić information content (AvgIpc) is 3.32. The van der Waals surface area contributed by atoms with E-state index in [0.717, 1.165) is 24.8 Å². The summed E-state index contributed by atoms with van der Waals surface area (Å²) in [5, 5.41) is 5.22. The zero-order chi connectivity index (χ0) is 17.5. The lowest BCUT2D eigenvalue weighted by molar-refractivity contribution is -0.139. The lowest BCUT2D eigenvalue weighted by Crippen LogP contribution is -2.40. The molecule has 1 aliphatic rings. The Morgan fingerprint density at radius 3 is 2.72 bits per heavy atom. The molecule has 0 aliphatic heterocycles. The van der Waals surface area contributed by atoms with E-state index < -0.39 is 11.8 Å². The average molecular weight is 342 g/mol. The normalized spacial score (nSPS) is 14.0. The fourth-order valence-corrected chi connectivity index (χ4v) is 2.83. The van der Waals surface area contributed by atoms with E-state index in [0.29, 0.717) is 18.1 Å². The van der Waals surface area contributed by atoms with Gasteiger partial charge in [0.1, 0.15) is 17.8 Å². The zero-order valence-corrected chi connectivity index (χ0v) is 14.0. The second kappa shape index (κ2) is 8.37. The highest BCUT2D eigenvalue weighted by molar-refractivity contribution is 6.35. The lowest BCUT2D eigenvalue weighted by atomic mass is 9.97. The number of furan rings is 2. The minimum Gasteiger partial charge on any atom is -0.472 e. The summed E-state index contributed by atoms with van der Waals surface area (Å²) < 4.78 is 10.6. The maximum absolute atomic E-state index is 11.8. The van der Waals surface area contributed by atoms with Gasteiger partial charge in [0.25, 0.3) is 0 Å². The molecule has 2 N–H and O–H groups in total. The number of carbonyl (C=O) groups excluding carboxylic acids is 2. The molecule has 0 bridgehead atoms. The Morgan fingerprint density at radius 1 is 1.08 bits per heavy atom. The summed E-state index contributed by atoms with van der Waals surface area (Å²) in [6.07, 6.45) is 10.9. The molecular weight excluding hydrogens is 320 g/mol. The van der Waals surface area contributed by atoms with Crippen LogP contribution in [0.5, 0.6) is 0 Å². The molecule has 0 unspecified atom stereocenters. The molecule has 2 amide bonds. The van der Waals surface area contributed by atoms with E-state index >= 15 is 0 Å². The van der Waals surface area contributed by atoms with Crippen molar-refractivity contribution in [2.45, 2.75) is 38.6 Å². The van der Waals surface area contributed by atoms with Gasteiger partial charge in [-0.3, -0.25) is 9.59 Å². The van der Waals surface area contributed by atoms with Gasteiger partial charge in [-0.2, -0.15) is 0 Å². The van der Waals surface area contributed by atoms with Gasteiger partial charge < -0.3 is 19.5 Å². The monoisotopic (exact) mass is 342 g/mol. The van der Waals surface area contributed by atoms with Gasteiger partial charge >= 0.3 is 11.8 Å². The first-order chi connectivity index (χ1) is 12.2. The van der Waals surface area contributed by atoms with Crippen molar-refractivity contribution in [3.63, 3.8) is 0 Å². The third-order valence-corrected chi connectivity index (χ3v) is 4.21. The van der Waals surface area contributed by atoms with Crippen molar-refractivity contribution in [2.24, 2.45) is 0 Å². The maximum Gasteiger partial charge on any atom is 0.309 e. The molecule has 0 aromatic carbocycles. The van der Waals surface area contributed by atoms with Crippen LogP contribution in [0, 0.1) is 0 Å². The largest absolute Gasteiger partial charge is 0.472 e. The van der Waals surface area contributed by atoms with Gasteiger partial charge in [-0.25, -0.2) is 0 Å². The molecule has 0 saturated carbocycles. The number of rotatable bonds is 6. The van der Waals surface area contributed by atoms with Gasteiger partial charge in [0.2, 0.25) is 0 Å². The number of hydrogen-bond acceptors (Lipinski definition) is 4. The lowest BCUT2D eigenvalue weighted by Gasteiger charge is -2.12. The molecule has 0 fully saturated rings. The van der Waals surface area contributed by atoms with Crippen LogP contribution in [0.15, 0.2) is 51.2 Å². The molecular formula is C19H22N2O4. The summed E-state index contributed by atoms with van der Waals surface area (Å²) in [5.74, 6) is -0.0372. The van der Waals surface area contributed by atoms with Gasteiger partial charge in [-0.05, 0) is 50.3 Å². The Balaban J connectivity index is 1.39. The quantitative estimate of drug-likeness (QED) is 0.624. The topological polar surface area (TPSA) is 84.5 Å². The number of amides is 2. The highest BCUT2D eigenvalue weighted by atomic mass is 16.3. The maximum atomic E-state index is 11.8. The predicted molar refractivity (Wildman–Crippen MR) is 92.4 cm³/mol. The Morgan fingerprint density at radius 2 is 1.96 bits per heavy atom. The molecule has 0 radical (unpaired) electrons. The minimum absolute atomic E-state index is 0.162. The fraction of sp³-hybridized carbons (Fsp3) is 0.368. The van der Waals surface area contributed by atoms with Crippen LogP contribution in [0.4, 0.5) is 0 Å². The molecule has 1 aliphatic carbocycles. The second-order valence-electron chi connectivity index (χ2n) is 6.07. The summed E-state index contributed by atoms with van der Waals surface area (Å²) in [6, 6.07) is 5.34. The van der Waals surface area contributed by atoms with Crippen molar-refractivity contribution in [2.75, 3.05) is 6.54 Å². The highest BCUT2D eigenvalue weighted by Crippen LogP contribution is 2.22. The Hall–Kier alpha value is -2.76. The van der Waals surface area contributed by atoms with E-state index in [-0.39, 0.29) is 6.54 Å². The number of allylic oxidation sites excluding steroid dienone is 1. The number of carbonyl (C=O) groups is 2. The third kappa shape index (κ3) is 4.86. The van der Waals surface area contributed by atoms with Crippen LogP contribution in [0.2, 0.25) is 0 Å². The first-order valence-electron chi connectivity index (χ1n) is 8.57. The Kier molecular flexibility index (Phi) is 5.72. The number of nitrogens with one attached hydrogen (secondary N) is 2. The van der Waals surface area contributed by atoms with Crippen LogP contribution in [-0.4, -0.2) is 18.4 Å². The Bertz CT molecular complexity index is 743. The van der Waals surface area contributed by atoms with Crippen LogP contribution in [0.25, 0.3) is 11.3 Å². The van der Waals surface area contributed by atoms with Crippen molar-refractivity contribution in [3.05, 3.63) is 48.1 Å². The van der Waals surface area contributed by atoms with Crippen LogP contribution < -0.4 is 10.6 Å². The summed E-state index contributed by atoms with van der Waals surface area (Å²) in [7, 11) is 0. The first-order valence-corrected chi connectivity index (χ1v) is 8.57. The molecule has 0 atom stereocenters. The van der Waals surface area contributed by atoms with Crippen LogP contribution in [0.3, 0.4) is 0 Å². The van der Waals surface area contributed by atoms with Gasteiger partial charge in [-0.15, -0.1) is 0 Å². The zero-order valence-electron chi connectivity index (χ0n) is 14.0. The fourth-order valence-electron chi connectivity index (χ4n) is 2.83. The van der Waals surface area contributed by atoms with Gasteiger partial charge in [0.05, 0.1) is 18.4 Å². The van der Waals surface area contributed by atoms with E-state index in [2.05, 4.69) is 16.7 Å². The van der Waals surface area contributed by atoms with E-state index in [1.165, 1.54) is 18.4 Å². The van der Waals surface area contributed by atoms with E-state index in [1.807, 2.05) is 0 Å². The molecule has 2 heterocycles. The second-order valence-corrected chi connectivity index (χ2v) is 6.07. The van der Waals surface area contributed by atoms with Gasteiger partial charge in [-0.1, -0.05) is 11.6 Å². The van der Waals surface area contributed by atoms with Gasteiger partial charge in [0, 0.05) is 6.54 Å². The standard InChI is InChI=1S/C19H22N2O4/c22-18(20-10-8-14-4-2-1-3-5-14)19(23)21-12-16-6-7-17(25-16)15-9-11-24-13-15/h4,6-7,9,11,13H,1-3,5,8,10,12H2,(H,20,22)(H,21,23). The van der Waals surface area contributed by atoms with Crippen molar-refractivity contribution in [1.29, 1.82) is 0 Å². The van der Waals surface area contributed by atoms with Crippen molar-refractivity contribution in [1.82, 2.24) is 10.6 Å². The summed E-state index contributed by atoms with van der Waals surface area (Å²) in [4.78, 5) is 23.7. The Labute approximate surface area is 146 Å². The molecule has 6 nitrogen and oxygen atoms in total. The van der Waals surface area contributed by atoms with Crippen molar-refractivity contribution in [3.8, 4) is 11.3 Å². The van der Waals surface area contributed by atoms with Crippen LogP contribution in [-0.2, 0) is 16.1 Å². The summed E-state index contributed by atoms with van der Waals surface area (Å²) >= 11 is 0. The minimum atomic E-state index is -0.654. The molecule has 25 heavy (non-hydrogen) atoms. The molecule has 0 saturated heterocycles. The molecule has 2 aromatic rings. The van der Waals surface area contributed by atoms with Crippen molar-refractivity contribution < 1.29 is 18.4 Å². The number of hydrogen-bond donors (Lipinski definition) is 2. The molecule has 3 rings (SSSR count). The molecule has 0 spiro atoms. The van der Waals surface area contributed by atoms with E-state index in [9.17, 15) is 9.59 Å². The van der Waals surface area contributed by atoms with Crippen molar-refractivity contribution >= 4 is 11.8 Å². The van der Waals surface area contributed by atoms with Gasteiger partial charge in [0.15, 0.2) is 0 Å². The SMILES string of the molecule is O=C(NCCC1=CCCCC1)C(=O)NCc1ccc(-c2ccoc2)o1. The summed E-state index contributed by atoms with van der Waals surface area (Å²) in [5.41, 5.74) is 2.20. The smallest absolute Gasteiger partial charge is 0.309 e. The highest BCUT2D eigenvalue weighted by Gasteiger charge is 2.14. The van der Waals surface area contributed by atoms with E-state index in [4.69, 9.17) is 8.83 Å². The van der Waals surface area contributed by atoms with E-state index in [1.54, 1.807) is 30.7 Å². The van der Waals surface area contributed by atoms with Crippen LogP contribution in [0.1, 0.15) is 37.9 Å². The predicted octanol–water partition coefficient (Wildman–Crippen LogP) is 3.16. The third-order valence-electron chi connectivity index (χ3n) is 4.21. The summed E-state index contributed by atoms with van der Waals surface area (Å²) in [6.45, 7) is 0.652. The molecule has 6 heteroatoms.